The van der Waals surface area contributed by atoms with Crippen molar-refractivity contribution in [1.29, 1.82) is 0 Å². The Balaban J connectivity index is 1.56. The Bertz CT molecular complexity index is 290. The Hall–Kier alpha value is 0.270. The van der Waals surface area contributed by atoms with Gasteiger partial charge in [0.05, 0.1) is 5.60 Å². The van der Waals surface area contributed by atoms with Gasteiger partial charge in [0.15, 0.2) is 0 Å². The molecule has 2 nitrogen and oxygen atoms in total. The third kappa shape index (κ3) is 2.59. The van der Waals surface area contributed by atoms with Crippen LogP contribution in [0.2, 0.25) is 0 Å². The van der Waals surface area contributed by atoms with Crippen molar-refractivity contribution < 1.29 is 4.74 Å². The van der Waals surface area contributed by atoms with E-state index in [1.165, 1.54) is 43.6 Å². The van der Waals surface area contributed by atoms with Gasteiger partial charge in [-0.25, -0.2) is 0 Å². The van der Waals surface area contributed by atoms with Crippen LogP contribution in [0.5, 0.6) is 0 Å². The maximum Gasteiger partial charge on any atom is 0.0795 e. The molecule has 2 aliphatic heterocycles. The average Bonchev–Trinajstić information content (AvgIpc) is 2.92. The summed E-state index contributed by atoms with van der Waals surface area (Å²) in [4.78, 5) is 0. The minimum Gasteiger partial charge on any atom is -0.374 e. The molecule has 5 unspecified atom stereocenters. The quantitative estimate of drug-likeness (QED) is 0.832. The molecule has 1 N–H and O–H groups in total. The van der Waals surface area contributed by atoms with Gasteiger partial charge in [0.25, 0.3) is 0 Å². The van der Waals surface area contributed by atoms with Crippen LogP contribution in [0.25, 0.3) is 0 Å². The molecule has 0 aromatic heterocycles. The maximum atomic E-state index is 6.11. The molecule has 104 valence electrons. The summed E-state index contributed by atoms with van der Waals surface area (Å²) in [6.45, 7) is 5.80. The zero-order valence-corrected chi connectivity index (χ0v) is 12.6. The second kappa shape index (κ2) is 5.34. The van der Waals surface area contributed by atoms with Crippen LogP contribution in [0.1, 0.15) is 46.0 Å². The van der Waals surface area contributed by atoms with Crippen molar-refractivity contribution in [2.45, 2.75) is 63.6 Å². The predicted octanol–water partition coefficient (Wildman–Crippen LogP) is 3.07. The van der Waals surface area contributed by atoms with Crippen molar-refractivity contribution in [1.82, 2.24) is 5.32 Å². The lowest BCUT2D eigenvalue weighted by atomic mass is 9.88. The monoisotopic (exact) mass is 269 g/mol. The van der Waals surface area contributed by atoms with Crippen LogP contribution in [-0.4, -0.2) is 35.8 Å². The number of thioether (sulfide) groups is 1. The van der Waals surface area contributed by atoms with Gasteiger partial charge in [0.2, 0.25) is 0 Å². The van der Waals surface area contributed by atoms with E-state index < -0.39 is 0 Å². The molecule has 2 saturated heterocycles. The third-order valence-corrected chi connectivity index (χ3v) is 6.70. The Morgan fingerprint density at radius 1 is 1.22 bits per heavy atom. The van der Waals surface area contributed by atoms with Gasteiger partial charge in [-0.2, -0.15) is 11.8 Å². The lowest BCUT2D eigenvalue weighted by molar-refractivity contribution is -0.0718. The largest absolute Gasteiger partial charge is 0.374 e. The molecule has 0 amide bonds. The topological polar surface area (TPSA) is 21.3 Å². The standard InChI is InChI=1S/C15H27NOS/c1-11-3-4-14(12(11)2)16-13-5-7-17-15(9-13)6-8-18-10-15/h11-14,16H,3-10H2,1-2H3. The molecular weight excluding hydrogens is 242 g/mol. The van der Waals surface area contributed by atoms with Crippen LogP contribution < -0.4 is 5.32 Å². The molecule has 2 heterocycles. The molecule has 3 fully saturated rings. The molecule has 5 atom stereocenters. The van der Waals surface area contributed by atoms with Gasteiger partial charge in [-0.05, 0) is 49.7 Å². The summed E-state index contributed by atoms with van der Waals surface area (Å²) in [6, 6.07) is 1.46. The molecular formula is C15H27NOS. The van der Waals surface area contributed by atoms with Crippen molar-refractivity contribution in [3.05, 3.63) is 0 Å². The van der Waals surface area contributed by atoms with Crippen LogP contribution in [0.3, 0.4) is 0 Å². The van der Waals surface area contributed by atoms with Crippen LogP contribution >= 0.6 is 11.8 Å². The minimum atomic E-state index is 0.230. The summed E-state index contributed by atoms with van der Waals surface area (Å²) in [5.41, 5.74) is 0.230. The molecule has 3 rings (SSSR count). The zero-order chi connectivity index (χ0) is 12.6. The van der Waals surface area contributed by atoms with Crippen molar-refractivity contribution in [3.63, 3.8) is 0 Å². The minimum absolute atomic E-state index is 0.230. The first-order valence-corrected chi connectivity index (χ1v) is 8.82. The average molecular weight is 269 g/mol. The first kappa shape index (κ1) is 13.3. The summed E-state index contributed by atoms with van der Waals surface area (Å²) in [6.07, 6.45) is 6.51. The van der Waals surface area contributed by atoms with E-state index >= 15 is 0 Å². The second-order valence-electron chi connectivity index (χ2n) is 6.71. The summed E-state index contributed by atoms with van der Waals surface area (Å²) in [5.74, 6) is 4.27. The molecule has 18 heavy (non-hydrogen) atoms. The molecule has 1 aliphatic carbocycles. The predicted molar refractivity (Wildman–Crippen MR) is 78.1 cm³/mol. The zero-order valence-electron chi connectivity index (χ0n) is 11.8. The molecule has 0 aromatic rings. The highest BCUT2D eigenvalue weighted by molar-refractivity contribution is 7.99. The van der Waals surface area contributed by atoms with E-state index in [-0.39, 0.29) is 5.60 Å². The molecule has 1 spiro atoms. The van der Waals surface area contributed by atoms with E-state index in [2.05, 4.69) is 30.9 Å². The van der Waals surface area contributed by atoms with E-state index in [1.54, 1.807) is 0 Å². The highest BCUT2D eigenvalue weighted by atomic mass is 32.2. The fourth-order valence-electron chi connectivity index (χ4n) is 3.94. The van der Waals surface area contributed by atoms with E-state index in [1.807, 2.05) is 0 Å². The van der Waals surface area contributed by atoms with Crippen LogP contribution in [0, 0.1) is 11.8 Å². The molecule has 0 radical (unpaired) electrons. The molecule has 3 aliphatic rings. The van der Waals surface area contributed by atoms with Crippen molar-refractivity contribution in [3.8, 4) is 0 Å². The summed E-state index contributed by atoms with van der Waals surface area (Å²) >= 11 is 2.07. The Labute approximate surface area is 116 Å². The van der Waals surface area contributed by atoms with Gasteiger partial charge in [0.1, 0.15) is 0 Å². The fraction of sp³-hybridized carbons (Fsp3) is 1.00. The first-order valence-electron chi connectivity index (χ1n) is 7.66. The van der Waals surface area contributed by atoms with Gasteiger partial charge in [-0.3, -0.25) is 0 Å². The van der Waals surface area contributed by atoms with Crippen LogP contribution in [-0.2, 0) is 4.74 Å². The highest BCUT2D eigenvalue weighted by Crippen LogP contribution is 2.39. The number of hydrogen-bond donors (Lipinski definition) is 1. The fourth-order valence-corrected chi connectivity index (χ4v) is 5.31. The Morgan fingerprint density at radius 2 is 2.11 bits per heavy atom. The summed E-state index contributed by atoms with van der Waals surface area (Å²) < 4.78 is 6.11. The normalized spacial score (nSPS) is 49.0. The van der Waals surface area contributed by atoms with Crippen molar-refractivity contribution in [2.24, 2.45) is 11.8 Å². The first-order chi connectivity index (χ1) is 8.69. The highest BCUT2D eigenvalue weighted by Gasteiger charge is 2.41. The Kier molecular flexibility index (Phi) is 3.93. The smallest absolute Gasteiger partial charge is 0.0795 e. The number of hydrogen-bond acceptors (Lipinski definition) is 3. The second-order valence-corrected chi connectivity index (χ2v) is 7.82. The van der Waals surface area contributed by atoms with E-state index in [0.29, 0.717) is 6.04 Å². The number of nitrogens with one attached hydrogen (secondary N) is 1. The van der Waals surface area contributed by atoms with Gasteiger partial charge in [0, 0.05) is 24.4 Å². The van der Waals surface area contributed by atoms with E-state index in [9.17, 15) is 0 Å². The van der Waals surface area contributed by atoms with E-state index in [0.717, 1.165) is 24.5 Å². The van der Waals surface area contributed by atoms with Gasteiger partial charge in [-0.1, -0.05) is 13.8 Å². The molecule has 0 bridgehead atoms. The Morgan fingerprint density at radius 3 is 2.78 bits per heavy atom. The summed E-state index contributed by atoms with van der Waals surface area (Å²) in [7, 11) is 0. The number of rotatable bonds is 2. The van der Waals surface area contributed by atoms with Crippen molar-refractivity contribution >= 4 is 11.8 Å². The SMILES string of the molecule is CC1CCC(NC2CCOC3(CCSC3)C2)C1C. The van der Waals surface area contributed by atoms with Crippen molar-refractivity contribution in [2.75, 3.05) is 18.1 Å². The lowest BCUT2D eigenvalue weighted by Crippen LogP contribution is -2.50. The van der Waals surface area contributed by atoms with Gasteiger partial charge < -0.3 is 10.1 Å². The summed E-state index contributed by atoms with van der Waals surface area (Å²) in [5, 5.41) is 3.96. The molecule has 3 heteroatoms. The number of ether oxygens (including phenoxy) is 1. The maximum absolute atomic E-state index is 6.11. The lowest BCUT2D eigenvalue weighted by Gasteiger charge is -2.39. The molecule has 1 saturated carbocycles. The van der Waals surface area contributed by atoms with Crippen LogP contribution in [0.4, 0.5) is 0 Å². The molecule has 0 aromatic carbocycles. The third-order valence-electron chi connectivity index (χ3n) is 5.48. The van der Waals surface area contributed by atoms with Gasteiger partial charge in [-0.15, -0.1) is 0 Å². The van der Waals surface area contributed by atoms with Crippen LogP contribution in [0.15, 0.2) is 0 Å². The van der Waals surface area contributed by atoms with Gasteiger partial charge >= 0.3 is 0 Å². The van der Waals surface area contributed by atoms with E-state index in [4.69, 9.17) is 4.74 Å².